The van der Waals surface area contributed by atoms with Crippen molar-refractivity contribution in [2.24, 2.45) is 0 Å². The van der Waals surface area contributed by atoms with Gasteiger partial charge in [0.1, 0.15) is 5.82 Å². The Hall–Kier alpha value is -1.49. The lowest BCUT2D eigenvalue weighted by Gasteiger charge is -2.14. The van der Waals surface area contributed by atoms with Crippen molar-refractivity contribution in [1.29, 1.82) is 0 Å². The molecule has 1 heterocycles. The molecule has 1 N–H and O–H groups in total. The van der Waals surface area contributed by atoms with E-state index in [0.29, 0.717) is 16.7 Å². The zero-order valence-corrected chi connectivity index (χ0v) is 13.8. The molecule has 0 aliphatic heterocycles. The highest BCUT2D eigenvalue weighted by atomic mass is 32.2. The first-order chi connectivity index (χ1) is 9.93. The second-order valence-corrected chi connectivity index (χ2v) is 6.90. The zero-order valence-electron chi connectivity index (χ0n) is 13.0. The molecule has 0 aliphatic rings. The first-order valence-electron chi connectivity index (χ1n) is 7.20. The largest absolute Gasteiger partial charge is 0.478 e. The van der Waals surface area contributed by atoms with E-state index in [2.05, 4.69) is 36.6 Å². The van der Waals surface area contributed by atoms with Gasteiger partial charge < -0.3 is 9.67 Å². The fourth-order valence-corrected chi connectivity index (χ4v) is 2.72. The van der Waals surface area contributed by atoms with Gasteiger partial charge in [-0.3, -0.25) is 0 Å². The highest BCUT2D eigenvalue weighted by molar-refractivity contribution is 7.99. The molecule has 0 fully saturated rings. The van der Waals surface area contributed by atoms with Crippen LogP contribution in [0.4, 0.5) is 0 Å². The SMILES string of the molecule is CSC(C)CCn1c(C(C)C)nc2ccc(C(=O)O)cc21. The summed E-state index contributed by atoms with van der Waals surface area (Å²) in [6, 6.07) is 5.16. The predicted molar refractivity (Wildman–Crippen MR) is 88.4 cm³/mol. The van der Waals surface area contributed by atoms with E-state index in [1.54, 1.807) is 18.2 Å². The van der Waals surface area contributed by atoms with Gasteiger partial charge in [0.2, 0.25) is 0 Å². The second-order valence-electron chi connectivity index (χ2n) is 5.62. The monoisotopic (exact) mass is 306 g/mol. The number of carboxylic acid groups (broad SMARTS) is 1. The third-order valence-corrected chi connectivity index (χ3v) is 4.74. The molecule has 0 saturated carbocycles. The summed E-state index contributed by atoms with van der Waals surface area (Å²) < 4.78 is 2.18. The minimum absolute atomic E-state index is 0.315. The molecular weight excluding hydrogens is 284 g/mol. The van der Waals surface area contributed by atoms with Crippen molar-refractivity contribution in [3.63, 3.8) is 0 Å². The molecule has 21 heavy (non-hydrogen) atoms. The molecule has 2 aromatic rings. The maximum absolute atomic E-state index is 11.2. The van der Waals surface area contributed by atoms with Crippen LogP contribution in [0.25, 0.3) is 11.0 Å². The molecular formula is C16H22N2O2S. The summed E-state index contributed by atoms with van der Waals surface area (Å²) >= 11 is 1.85. The minimum atomic E-state index is -0.895. The van der Waals surface area contributed by atoms with Gasteiger partial charge in [0.05, 0.1) is 16.6 Å². The number of aromatic carboxylic acids is 1. The molecule has 1 atom stereocenters. The number of hydrogen-bond acceptors (Lipinski definition) is 3. The number of rotatable bonds is 6. The van der Waals surface area contributed by atoms with Crippen LogP contribution in [0.1, 0.15) is 49.3 Å². The number of imidazole rings is 1. The van der Waals surface area contributed by atoms with E-state index >= 15 is 0 Å². The number of thioether (sulfide) groups is 1. The molecule has 5 heteroatoms. The molecule has 0 aliphatic carbocycles. The van der Waals surface area contributed by atoms with Gasteiger partial charge in [-0.1, -0.05) is 20.8 Å². The van der Waals surface area contributed by atoms with E-state index in [1.807, 2.05) is 11.8 Å². The molecule has 1 aromatic heterocycles. The van der Waals surface area contributed by atoms with Crippen molar-refractivity contribution in [2.45, 2.75) is 44.9 Å². The Kier molecular flexibility index (Phi) is 4.93. The lowest BCUT2D eigenvalue weighted by molar-refractivity contribution is 0.0697. The Morgan fingerprint density at radius 3 is 2.67 bits per heavy atom. The van der Waals surface area contributed by atoms with Crippen LogP contribution in [0, 0.1) is 0 Å². The summed E-state index contributed by atoms with van der Waals surface area (Å²) in [5.41, 5.74) is 2.12. The zero-order chi connectivity index (χ0) is 15.6. The third kappa shape index (κ3) is 3.40. The Morgan fingerprint density at radius 2 is 2.10 bits per heavy atom. The summed E-state index contributed by atoms with van der Waals surface area (Å²) in [6.07, 6.45) is 3.16. The van der Waals surface area contributed by atoms with Gasteiger partial charge in [-0.25, -0.2) is 9.78 Å². The van der Waals surface area contributed by atoms with E-state index in [-0.39, 0.29) is 0 Å². The number of carbonyl (C=O) groups is 1. The van der Waals surface area contributed by atoms with Crippen LogP contribution in [0.3, 0.4) is 0 Å². The van der Waals surface area contributed by atoms with E-state index in [4.69, 9.17) is 0 Å². The molecule has 0 spiro atoms. The average molecular weight is 306 g/mol. The van der Waals surface area contributed by atoms with Crippen LogP contribution in [0.15, 0.2) is 18.2 Å². The molecule has 2 rings (SSSR count). The fourth-order valence-electron chi connectivity index (χ4n) is 2.38. The maximum Gasteiger partial charge on any atom is 0.335 e. The lowest BCUT2D eigenvalue weighted by Crippen LogP contribution is -2.09. The van der Waals surface area contributed by atoms with E-state index in [1.165, 1.54) is 0 Å². The number of aryl methyl sites for hydroxylation is 1. The molecule has 0 amide bonds. The number of aromatic nitrogens is 2. The van der Waals surface area contributed by atoms with Gasteiger partial charge >= 0.3 is 5.97 Å². The highest BCUT2D eigenvalue weighted by Crippen LogP contribution is 2.24. The minimum Gasteiger partial charge on any atom is -0.478 e. The Morgan fingerprint density at radius 1 is 1.38 bits per heavy atom. The van der Waals surface area contributed by atoms with Crippen LogP contribution >= 0.6 is 11.8 Å². The number of fused-ring (bicyclic) bond motifs is 1. The highest BCUT2D eigenvalue weighted by Gasteiger charge is 2.16. The molecule has 1 unspecified atom stereocenters. The van der Waals surface area contributed by atoms with Crippen LogP contribution in [-0.4, -0.2) is 32.1 Å². The summed E-state index contributed by atoms with van der Waals surface area (Å²) in [4.78, 5) is 15.9. The van der Waals surface area contributed by atoms with Crippen molar-refractivity contribution < 1.29 is 9.90 Å². The lowest BCUT2D eigenvalue weighted by atomic mass is 10.2. The summed E-state index contributed by atoms with van der Waals surface area (Å²) in [7, 11) is 0. The van der Waals surface area contributed by atoms with Gasteiger partial charge in [0, 0.05) is 17.7 Å². The first-order valence-corrected chi connectivity index (χ1v) is 8.49. The molecule has 1 aromatic carbocycles. The van der Waals surface area contributed by atoms with E-state index in [0.717, 1.165) is 29.8 Å². The van der Waals surface area contributed by atoms with Crippen LogP contribution in [0.5, 0.6) is 0 Å². The number of nitrogens with zero attached hydrogens (tertiary/aromatic N) is 2. The molecule has 4 nitrogen and oxygen atoms in total. The number of hydrogen-bond donors (Lipinski definition) is 1. The first kappa shape index (κ1) is 15.9. The van der Waals surface area contributed by atoms with Crippen molar-refractivity contribution >= 4 is 28.8 Å². The van der Waals surface area contributed by atoms with Gasteiger partial charge in [0.25, 0.3) is 0 Å². The quantitative estimate of drug-likeness (QED) is 0.876. The van der Waals surface area contributed by atoms with Crippen LogP contribution < -0.4 is 0 Å². The standard InChI is InChI=1S/C16H22N2O2S/c1-10(2)15-17-13-6-5-12(16(19)20)9-14(13)18(15)8-7-11(3)21-4/h5-6,9-11H,7-8H2,1-4H3,(H,19,20). The van der Waals surface area contributed by atoms with E-state index < -0.39 is 5.97 Å². The molecule has 0 radical (unpaired) electrons. The molecule has 0 bridgehead atoms. The summed E-state index contributed by atoms with van der Waals surface area (Å²) in [5, 5.41) is 9.75. The van der Waals surface area contributed by atoms with Crippen LogP contribution in [-0.2, 0) is 6.54 Å². The van der Waals surface area contributed by atoms with Gasteiger partial charge in [0.15, 0.2) is 0 Å². The van der Waals surface area contributed by atoms with E-state index in [9.17, 15) is 9.90 Å². The number of benzene rings is 1. The normalized spacial score (nSPS) is 13.0. The average Bonchev–Trinajstić information content (AvgIpc) is 2.82. The Bertz CT molecular complexity index is 649. The van der Waals surface area contributed by atoms with Gasteiger partial charge in [-0.15, -0.1) is 0 Å². The van der Waals surface area contributed by atoms with Crippen LogP contribution in [0.2, 0.25) is 0 Å². The second kappa shape index (κ2) is 6.52. The van der Waals surface area contributed by atoms with Gasteiger partial charge in [-0.05, 0) is 30.9 Å². The Balaban J connectivity index is 2.48. The van der Waals surface area contributed by atoms with Crippen molar-refractivity contribution in [2.75, 3.05) is 6.26 Å². The predicted octanol–water partition coefficient (Wildman–Crippen LogP) is 4.00. The van der Waals surface area contributed by atoms with Gasteiger partial charge in [-0.2, -0.15) is 11.8 Å². The maximum atomic E-state index is 11.2. The third-order valence-electron chi connectivity index (χ3n) is 3.70. The molecule has 114 valence electrons. The fraction of sp³-hybridized carbons (Fsp3) is 0.500. The number of carboxylic acids is 1. The smallest absolute Gasteiger partial charge is 0.335 e. The van der Waals surface area contributed by atoms with Crippen molar-refractivity contribution in [3.8, 4) is 0 Å². The van der Waals surface area contributed by atoms with Crippen molar-refractivity contribution in [1.82, 2.24) is 9.55 Å². The van der Waals surface area contributed by atoms with Crippen molar-refractivity contribution in [3.05, 3.63) is 29.6 Å². The molecule has 0 saturated heterocycles. The topological polar surface area (TPSA) is 55.1 Å². The summed E-state index contributed by atoms with van der Waals surface area (Å²) in [6.45, 7) is 7.32. The summed E-state index contributed by atoms with van der Waals surface area (Å²) in [5.74, 6) is 0.448. The Labute approximate surface area is 129 Å².